The predicted molar refractivity (Wildman–Crippen MR) is 119 cm³/mol. The molecule has 2 aromatic rings. The van der Waals surface area contributed by atoms with Crippen molar-refractivity contribution in [2.45, 2.75) is 23.3 Å². The van der Waals surface area contributed by atoms with Gasteiger partial charge >= 0.3 is 12.2 Å². The monoisotopic (exact) mass is 472 g/mol. The van der Waals surface area contributed by atoms with E-state index in [-0.39, 0.29) is 18.9 Å². The summed E-state index contributed by atoms with van der Waals surface area (Å²) in [5.74, 6) is 2.24. The van der Waals surface area contributed by atoms with Crippen LogP contribution in [0.5, 0.6) is 5.75 Å². The average Bonchev–Trinajstić information content (AvgIpc) is 2.77. The van der Waals surface area contributed by atoms with E-state index in [2.05, 4.69) is 10.6 Å². The molecule has 1 saturated heterocycles. The number of halogens is 3. The molecule has 0 spiro atoms. The minimum atomic E-state index is -4.47. The molecule has 5 nitrogen and oxygen atoms in total. The van der Waals surface area contributed by atoms with Crippen molar-refractivity contribution in [3.05, 3.63) is 59.7 Å². The highest BCUT2D eigenvalue weighted by Gasteiger charge is 2.30. The van der Waals surface area contributed by atoms with Gasteiger partial charge < -0.3 is 20.5 Å². The van der Waals surface area contributed by atoms with Gasteiger partial charge in [0.25, 0.3) is 0 Å². The standard InChI is InChI=1S/C21H23F3N2O3S2/c22-21(23,24)15-5-2-7-18(11-15)29-13-17(27)12-25-20(28)26-16-6-1-4-14(10-16)19-30-8-3-9-31-19/h1-2,4-7,10-11,17,19,27H,3,8-9,12-13H2,(H2,25,26,28). The lowest BCUT2D eigenvalue weighted by Gasteiger charge is -2.21. The van der Waals surface area contributed by atoms with Gasteiger partial charge in [0.05, 0.1) is 10.1 Å². The maximum atomic E-state index is 12.7. The number of carbonyl (C=O) groups is 1. The molecule has 2 aromatic carbocycles. The van der Waals surface area contributed by atoms with Crippen molar-refractivity contribution in [3.63, 3.8) is 0 Å². The molecule has 0 saturated carbocycles. The van der Waals surface area contributed by atoms with Gasteiger partial charge in [-0.1, -0.05) is 18.2 Å². The van der Waals surface area contributed by atoms with Crippen LogP contribution >= 0.6 is 23.5 Å². The molecule has 0 bridgehead atoms. The first-order chi connectivity index (χ1) is 14.8. The molecule has 10 heteroatoms. The minimum Gasteiger partial charge on any atom is -0.491 e. The van der Waals surface area contributed by atoms with Crippen LogP contribution < -0.4 is 15.4 Å². The maximum absolute atomic E-state index is 12.7. The van der Waals surface area contributed by atoms with Crippen molar-refractivity contribution in [1.82, 2.24) is 5.32 Å². The van der Waals surface area contributed by atoms with E-state index in [1.54, 1.807) is 6.07 Å². The first kappa shape index (κ1) is 23.6. The van der Waals surface area contributed by atoms with Crippen molar-refractivity contribution in [2.75, 3.05) is 30.0 Å². The second-order valence-electron chi connectivity index (χ2n) is 6.88. The molecule has 1 fully saturated rings. The number of amides is 2. The van der Waals surface area contributed by atoms with E-state index in [0.717, 1.165) is 29.2 Å². The lowest BCUT2D eigenvalue weighted by atomic mass is 10.2. The molecule has 1 atom stereocenters. The molecule has 1 heterocycles. The van der Waals surface area contributed by atoms with Gasteiger partial charge in [0, 0.05) is 12.2 Å². The summed E-state index contributed by atoms with van der Waals surface area (Å²) in [5.41, 5.74) is 0.961. The Balaban J connectivity index is 1.43. The normalized spacial score (nSPS) is 15.9. The first-order valence-electron chi connectivity index (χ1n) is 9.67. The topological polar surface area (TPSA) is 70.6 Å². The van der Waals surface area contributed by atoms with Crippen LogP contribution in [0.4, 0.5) is 23.7 Å². The van der Waals surface area contributed by atoms with Gasteiger partial charge in [0.1, 0.15) is 18.5 Å². The lowest BCUT2D eigenvalue weighted by molar-refractivity contribution is -0.137. The second-order valence-corrected chi connectivity index (χ2v) is 9.60. The molecule has 1 unspecified atom stereocenters. The average molecular weight is 473 g/mol. The summed E-state index contributed by atoms with van der Waals surface area (Å²) in [6, 6.07) is 11.6. The Bertz CT molecular complexity index is 877. The number of benzene rings is 2. The minimum absolute atomic E-state index is 0.00593. The van der Waals surface area contributed by atoms with Gasteiger partial charge in [-0.15, -0.1) is 23.5 Å². The Hall–Kier alpha value is -2.04. The van der Waals surface area contributed by atoms with Gasteiger partial charge in [0.2, 0.25) is 0 Å². The molecule has 3 rings (SSSR count). The molecule has 31 heavy (non-hydrogen) atoms. The third kappa shape index (κ3) is 7.55. The summed E-state index contributed by atoms with van der Waals surface area (Å²) in [7, 11) is 0. The molecular weight excluding hydrogens is 449 g/mol. The summed E-state index contributed by atoms with van der Waals surface area (Å²) in [4.78, 5) is 12.1. The SMILES string of the molecule is O=C(NCC(O)COc1cccc(C(F)(F)F)c1)Nc1cccc(C2SCCCS2)c1. The number of urea groups is 1. The number of aliphatic hydroxyl groups is 1. The molecule has 0 aliphatic carbocycles. The second kappa shape index (κ2) is 11.0. The highest BCUT2D eigenvalue weighted by Crippen LogP contribution is 2.44. The summed E-state index contributed by atoms with van der Waals surface area (Å²) in [6.07, 6.45) is -4.35. The van der Waals surface area contributed by atoms with Crippen molar-refractivity contribution in [1.29, 1.82) is 0 Å². The highest BCUT2D eigenvalue weighted by atomic mass is 32.2. The summed E-state index contributed by atoms with van der Waals surface area (Å²) < 4.78 is 43.7. The van der Waals surface area contributed by atoms with Crippen LogP contribution in [0.15, 0.2) is 48.5 Å². The van der Waals surface area contributed by atoms with E-state index >= 15 is 0 Å². The number of thioether (sulfide) groups is 2. The fourth-order valence-corrected chi connectivity index (χ4v) is 5.72. The number of rotatable bonds is 7. The van der Waals surface area contributed by atoms with Gasteiger partial charge in [-0.2, -0.15) is 13.2 Å². The van der Waals surface area contributed by atoms with Gasteiger partial charge in [-0.05, 0) is 53.8 Å². The van der Waals surface area contributed by atoms with Gasteiger partial charge in [0.15, 0.2) is 0 Å². The number of ether oxygens (including phenoxy) is 1. The van der Waals surface area contributed by atoms with Crippen LogP contribution in [-0.4, -0.2) is 41.9 Å². The molecule has 168 valence electrons. The Morgan fingerprint density at radius 2 is 1.90 bits per heavy atom. The zero-order chi connectivity index (χ0) is 22.3. The quantitative estimate of drug-likeness (QED) is 0.521. The number of nitrogens with one attached hydrogen (secondary N) is 2. The van der Waals surface area contributed by atoms with E-state index in [1.165, 1.54) is 18.6 Å². The molecule has 0 aromatic heterocycles. The maximum Gasteiger partial charge on any atom is 0.416 e. The summed E-state index contributed by atoms with van der Waals surface area (Å²) >= 11 is 3.78. The van der Waals surface area contributed by atoms with Gasteiger partial charge in [-0.25, -0.2) is 4.79 Å². The van der Waals surface area contributed by atoms with E-state index in [1.807, 2.05) is 41.7 Å². The van der Waals surface area contributed by atoms with Crippen molar-refractivity contribution < 1.29 is 27.8 Å². The van der Waals surface area contributed by atoms with Crippen LogP contribution in [0.3, 0.4) is 0 Å². The largest absolute Gasteiger partial charge is 0.491 e. The molecule has 1 aliphatic rings. The molecule has 2 amide bonds. The van der Waals surface area contributed by atoms with Crippen LogP contribution in [0, 0.1) is 0 Å². The summed E-state index contributed by atoms with van der Waals surface area (Å²) in [5, 5.41) is 15.2. The van der Waals surface area contributed by atoms with Gasteiger partial charge in [-0.3, -0.25) is 0 Å². The van der Waals surface area contributed by atoms with E-state index in [4.69, 9.17) is 4.74 Å². The fourth-order valence-electron chi connectivity index (χ4n) is 2.84. The number of hydrogen-bond donors (Lipinski definition) is 3. The zero-order valence-electron chi connectivity index (χ0n) is 16.5. The molecule has 1 aliphatic heterocycles. The van der Waals surface area contributed by atoms with Crippen LogP contribution in [-0.2, 0) is 6.18 Å². The number of hydrogen-bond acceptors (Lipinski definition) is 5. The predicted octanol–water partition coefficient (Wildman–Crippen LogP) is 5.14. The van der Waals surface area contributed by atoms with E-state index in [9.17, 15) is 23.1 Å². The number of alkyl halides is 3. The van der Waals surface area contributed by atoms with E-state index in [0.29, 0.717) is 10.3 Å². The molecule has 3 N–H and O–H groups in total. The Labute approximate surface area is 187 Å². The molecule has 0 radical (unpaired) electrons. The van der Waals surface area contributed by atoms with Crippen LogP contribution in [0.2, 0.25) is 0 Å². The van der Waals surface area contributed by atoms with E-state index < -0.39 is 23.9 Å². The van der Waals surface area contributed by atoms with Crippen molar-refractivity contribution in [3.8, 4) is 5.75 Å². The van der Waals surface area contributed by atoms with Crippen molar-refractivity contribution >= 4 is 35.2 Å². The Morgan fingerprint density at radius 1 is 1.16 bits per heavy atom. The zero-order valence-corrected chi connectivity index (χ0v) is 18.2. The van der Waals surface area contributed by atoms with Crippen molar-refractivity contribution in [2.24, 2.45) is 0 Å². The third-order valence-corrected chi connectivity index (χ3v) is 7.36. The third-order valence-electron chi connectivity index (χ3n) is 4.35. The highest BCUT2D eigenvalue weighted by molar-refractivity contribution is 8.16. The fraction of sp³-hybridized carbons (Fsp3) is 0.381. The van der Waals surface area contributed by atoms with Crippen LogP contribution in [0.1, 0.15) is 22.1 Å². The molecular formula is C21H23F3N2O3S2. The first-order valence-corrected chi connectivity index (χ1v) is 11.8. The Kier molecular flexibility index (Phi) is 8.39. The number of anilines is 1. The lowest BCUT2D eigenvalue weighted by Crippen LogP contribution is -2.37. The number of aliphatic hydroxyl groups excluding tert-OH is 1. The Morgan fingerprint density at radius 3 is 2.65 bits per heavy atom. The number of carbonyl (C=O) groups excluding carboxylic acids is 1. The van der Waals surface area contributed by atoms with Crippen LogP contribution in [0.25, 0.3) is 0 Å². The smallest absolute Gasteiger partial charge is 0.416 e. The summed E-state index contributed by atoms with van der Waals surface area (Å²) in [6.45, 7) is -0.369.